The molecule has 0 aliphatic rings. The van der Waals surface area contributed by atoms with Crippen molar-refractivity contribution in [2.24, 2.45) is 0 Å². The lowest BCUT2D eigenvalue weighted by molar-refractivity contribution is 0.251. The lowest BCUT2D eigenvalue weighted by Gasteiger charge is -2.12. The van der Waals surface area contributed by atoms with E-state index in [-0.39, 0.29) is 11.6 Å². The van der Waals surface area contributed by atoms with Crippen molar-refractivity contribution in [1.29, 1.82) is 0 Å². The molecule has 5 nitrogen and oxygen atoms in total. The average Bonchev–Trinajstić information content (AvgIpc) is 2.59. The van der Waals surface area contributed by atoms with Gasteiger partial charge in [0.05, 0.1) is 5.52 Å². The number of nitrogens with zero attached hydrogens (tertiary/aromatic N) is 1. The monoisotopic (exact) mass is 321 g/mol. The molecule has 2 aromatic carbocycles. The Hall–Kier alpha value is -3.08. The maximum atomic E-state index is 12.4. The Kier molecular flexibility index (Phi) is 4.61. The third kappa shape index (κ3) is 3.46. The predicted octanol–water partition coefficient (Wildman–Crippen LogP) is 3.13. The first-order valence-corrected chi connectivity index (χ1v) is 7.84. The van der Waals surface area contributed by atoms with E-state index in [4.69, 9.17) is 0 Å². The minimum Gasteiger partial charge on any atom is -0.336 e. The van der Waals surface area contributed by atoms with Crippen LogP contribution in [0.25, 0.3) is 10.9 Å². The van der Waals surface area contributed by atoms with Crippen LogP contribution in [0, 0.1) is 6.92 Å². The maximum absolute atomic E-state index is 12.4. The molecule has 1 aromatic heterocycles. The molecule has 0 radical (unpaired) electrons. The third-order valence-electron chi connectivity index (χ3n) is 3.83. The maximum Gasteiger partial charge on any atom is 0.319 e. The first kappa shape index (κ1) is 15.8. The van der Waals surface area contributed by atoms with Gasteiger partial charge in [0.15, 0.2) is 0 Å². The number of benzene rings is 2. The van der Waals surface area contributed by atoms with Crippen molar-refractivity contribution in [3.8, 4) is 0 Å². The second-order valence-electron chi connectivity index (χ2n) is 5.59. The highest BCUT2D eigenvalue weighted by atomic mass is 16.2. The number of carbonyl (C=O) groups is 1. The van der Waals surface area contributed by atoms with Gasteiger partial charge in [-0.2, -0.15) is 0 Å². The van der Waals surface area contributed by atoms with E-state index in [9.17, 15) is 9.59 Å². The van der Waals surface area contributed by atoms with E-state index < -0.39 is 0 Å². The van der Waals surface area contributed by atoms with Gasteiger partial charge in [0.1, 0.15) is 0 Å². The van der Waals surface area contributed by atoms with Crippen LogP contribution in [0.2, 0.25) is 0 Å². The van der Waals surface area contributed by atoms with E-state index in [1.54, 1.807) is 11.5 Å². The van der Waals surface area contributed by atoms with E-state index in [1.807, 2.05) is 60.7 Å². The first-order valence-electron chi connectivity index (χ1n) is 7.84. The summed E-state index contributed by atoms with van der Waals surface area (Å²) >= 11 is 0. The van der Waals surface area contributed by atoms with Gasteiger partial charge in [-0.15, -0.1) is 0 Å². The molecule has 0 spiro atoms. The number of rotatable bonds is 4. The summed E-state index contributed by atoms with van der Waals surface area (Å²) in [5, 5.41) is 6.55. The molecule has 0 aliphatic heterocycles. The van der Waals surface area contributed by atoms with Gasteiger partial charge in [-0.3, -0.25) is 4.79 Å². The highest BCUT2D eigenvalue weighted by molar-refractivity contribution is 5.89. The summed E-state index contributed by atoms with van der Waals surface area (Å²) in [4.78, 5) is 24.3. The smallest absolute Gasteiger partial charge is 0.319 e. The van der Waals surface area contributed by atoms with Crippen molar-refractivity contribution >= 4 is 22.6 Å². The van der Waals surface area contributed by atoms with Crippen molar-refractivity contribution in [3.63, 3.8) is 0 Å². The van der Waals surface area contributed by atoms with Crippen molar-refractivity contribution < 1.29 is 4.79 Å². The largest absolute Gasteiger partial charge is 0.336 e. The van der Waals surface area contributed by atoms with Crippen LogP contribution in [0.3, 0.4) is 0 Å². The van der Waals surface area contributed by atoms with E-state index in [0.717, 1.165) is 16.6 Å². The molecule has 0 unspecified atom stereocenters. The number of anilines is 1. The molecular formula is C19H19N3O2. The molecule has 2 amide bonds. The van der Waals surface area contributed by atoms with Crippen LogP contribution >= 0.6 is 0 Å². The molecule has 24 heavy (non-hydrogen) atoms. The molecule has 0 aliphatic carbocycles. The van der Waals surface area contributed by atoms with E-state index in [2.05, 4.69) is 10.6 Å². The van der Waals surface area contributed by atoms with E-state index >= 15 is 0 Å². The number of nitrogens with one attached hydrogen (secondary N) is 2. The molecule has 0 bridgehead atoms. The SMILES string of the molecule is Cc1cc2ccccc2n(CCNC(=O)Nc2ccccc2)c1=O. The lowest BCUT2D eigenvalue weighted by Crippen LogP contribution is -2.34. The normalized spacial score (nSPS) is 10.5. The van der Waals surface area contributed by atoms with Crippen LogP contribution in [-0.4, -0.2) is 17.1 Å². The average molecular weight is 321 g/mol. The number of carbonyl (C=O) groups excluding carboxylic acids is 1. The molecule has 3 aromatic rings. The van der Waals surface area contributed by atoms with E-state index in [0.29, 0.717) is 18.7 Å². The van der Waals surface area contributed by atoms with Crippen LogP contribution in [-0.2, 0) is 6.54 Å². The number of hydrogen-bond donors (Lipinski definition) is 2. The van der Waals surface area contributed by atoms with Crippen LogP contribution in [0.15, 0.2) is 65.5 Å². The van der Waals surface area contributed by atoms with Gasteiger partial charge < -0.3 is 15.2 Å². The van der Waals surface area contributed by atoms with Crippen LogP contribution in [0.5, 0.6) is 0 Å². The second-order valence-corrected chi connectivity index (χ2v) is 5.59. The summed E-state index contributed by atoms with van der Waals surface area (Å²) in [6, 6.07) is 18.6. The van der Waals surface area contributed by atoms with Gasteiger partial charge in [0, 0.05) is 24.3 Å². The van der Waals surface area contributed by atoms with Crippen molar-refractivity contribution in [2.45, 2.75) is 13.5 Å². The van der Waals surface area contributed by atoms with Gasteiger partial charge in [0.2, 0.25) is 0 Å². The third-order valence-corrected chi connectivity index (χ3v) is 3.83. The predicted molar refractivity (Wildman–Crippen MR) is 96.4 cm³/mol. The number of aromatic nitrogens is 1. The fourth-order valence-electron chi connectivity index (χ4n) is 2.67. The summed E-state index contributed by atoms with van der Waals surface area (Å²) in [6.45, 7) is 2.59. The van der Waals surface area contributed by atoms with Crippen molar-refractivity contribution in [1.82, 2.24) is 9.88 Å². The Balaban J connectivity index is 1.69. The van der Waals surface area contributed by atoms with Gasteiger partial charge in [-0.25, -0.2) is 4.79 Å². The fraction of sp³-hybridized carbons (Fsp3) is 0.158. The minimum absolute atomic E-state index is 0.0287. The molecule has 3 rings (SSSR count). The lowest BCUT2D eigenvalue weighted by atomic mass is 10.1. The quantitative estimate of drug-likeness (QED) is 0.775. The first-order chi connectivity index (χ1) is 11.6. The summed E-state index contributed by atoms with van der Waals surface area (Å²) < 4.78 is 1.70. The Morgan fingerprint density at radius 3 is 2.54 bits per heavy atom. The number of urea groups is 1. The Bertz CT molecular complexity index is 917. The number of amides is 2. The van der Waals surface area contributed by atoms with Crippen LogP contribution < -0.4 is 16.2 Å². The van der Waals surface area contributed by atoms with Crippen LogP contribution in [0.4, 0.5) is 10.5 Å². The zero-order valence-electron chi connectivity index (χ0n) is 13.5. The molecule has 0 saturated carbocycles. The molecular weight excluding hydrogens is 302 g/mol. The Morgan fingerprint density at radius 1 is 1.04 bits per heavy atom. The molecule has 0 fully saturated rings. The molecule has 0 saturated heterocycles. The number of para-hydroxylation sites is 2. The van der Waals surface area contributed by atoms with Crippen molar-refractivity contribution in [3.05, 3.63) is 76.6 Å². The summed E-state index contributed by atoms with van der Waals surface area (Å²) in [5.74, 6) is 0. The Labute approximate surface area is 139 Å². The topological polar surface area (TPSA) is 63.1 Å². The van der Waals surface area contributed by atoms with Crippen LogP contribution in [0.1, 0.15) is 5.56 Å². The summed E-state index contributed by atoms with van der Waals surface area (Å²) in [6.07, 6.45) is 0. The summed E-state index contributed by atoms with van der Waals surface area (Å²) in [5.41, 5.74) is 2.27. The summed E-state index contributed by atoms with van der Waals surface area (Å²) in [7, 11) is 0. The second kappa shape index (κ2) is 7.00. The fourth-order valence-corrected chi connectivity index (χ4v) is 2.67. The standard InChI is InChI=1S/C19H19N3O2/c1-14-13-15-7-5-6-10-17(15)22(18(14)23)12-11-20-19(24)21-16-8-3-2-4-9-16/h2-10,13H,11-12H2,1H3,(H2,20,21,24). The Morgan fingerprint density at radius 2 is 1.75 bits per heavy atom. The van der Waals surface area contributed by atoms with Gasteiger partial charge >= 0.3 is 6.03 Å². The van der Waals surface area contributed by atoms with Gasteiger partial charge in [-0.05, 0) is 36.6 Å². The number of aryl methyl sites for hydroxylation is 1. The van der Waals surface area contributed by atoms with Gasteiger partial charge in [-0.1, -0.05) is 36.4 Å². The zero-order chi connectivity index (χ0) is 16.9. The number of hydrogen-bond acceptors (Lipinski definition) is 2. The van der Waals surface area contributed by atoms with E-state index in [1.165, 1.54) is 0 Å². The van der Waals surface area contributed by atoms with Gasteiger partial charge in [0.25, 0.3) is 5.56 Å². The molecule has 0 atom stereocenters. The number of fused-ring (bicyclic) bond motifs is 1. The molecule has 5 heteroatoms. The zero-order valence-corrected chi connectivity index (χ0v) is 13.5. The molecule has 2 N–H and O–H groups in total. The highest BCUT2D eigenvalue weighted by Crippen LogP contribution is 2.12. The minimum atomic E-state index is -0.286. The van der Waals surface area contributed by atoms with Crippen molar-refractivity contribution in [2.75, 3.05) is 11.9 Å². The molecule has 122 valence electrons. The molecule has 1 heterocycles. The number of pyridine rings is 1. The highest BCUT2D eigenvalue weighted by Gasteiger charge is 2.07.